The molecule has 1 aliphatic heterocycles. The normalized spacial score (nSPS) is 15.6. The van der Waals surface area contributed by atoms with Crippen molar-refractivity contribution in [3.63, 3.8) is 0 Å². The molecule has 2 aromatic heterocycles. The number of carbonyl (C=O) groups excluding carboxylic acids is 1. The topological polar surface area (TPSA) is 47.4 Å². The first-order valence-electron chi connectivity index (χ1n) is 10.1. The third kappa shape index (κ3) is 4.28. The number of aromatic nitrogens is 2. The predicted molar refractivity (Wildman–Crippen MR) is 121 cm³/mol. The number of piperidine rings is 1. The van der Waals surface area contributed by atoms with Gasteiger partial charge in [0.2, 0.25) is 0 Å². The molecule has 1 amide bonds. The SMILES string of the molecule is CC(C)(C)OC(=O)N1CCC(n2cc(-c3ccc(Cl)c(Cl)c3)c3cnccc32)CC1. The largest absolute Gasteiger partial charge is 0.444 e. The smallest absolute Gasteiger partial charge is 0.410 e. The molecule has 3 heterocycles. The van der Waals surface area contributed by atoms with Crippen LogP contribution in [0.3, 0.4) is 0 Å². The first-order valence-corrected chi connectivity index (χ1v) is 10.9. The Morgan fingerprint density at radius 3 is 2.53 bits per heavy atom. The highest BCUT2D eigenvalue weighted by Crippen LogP contribution is 2.37. The zero-order chi connectivity index (χ0) is 21.5. The minimum atomic E-state index is -0.480. The maximum absolute atomic E-state index is 12.4. The summed E-state index contributed by atoms with van der Waals surface area (Å²) in [6, 6.07) is 8.02. The number of hydrogen-bond acceptors (Lipinski definition) is 3. The van der Waals surface area contributed by atoms with E-state index in [1.54, 1.807) is 4.90 Å². The third-order valence-corrected chi connectivity index (χ3v) is 6.11. The van der Waals surface area contributed by atoms with Gasteiger partial charge in [-0.15, -0.1) is 0 Å². The zero-order valence-corrected chi connectivity index (χ0v) is 18.9. The molecule has 1 fully saturated rings. The van der Waals surface area contributed by atoms with Crippen molar-refractivity contribution in [1.82, 2.24) is 14.5 Å². The van der Waals surface area contributed by atoms with Crippen LogP contribution in [0.2, 0.25) is 10.0 Å². The Bertz CT molecular complexity index is 1080. The Morgan fingerprint density at radius 1 is 1.13 bits per heavy atom. The summed E-state index contributed by atoms with van der Waals surface area (Å²) < 4.78 is 7.83. The Balaban J connectivity index is 1.60. The number of rotatable bonds is 2. The summed E-state index contributed by atoms with van der Waals surface area (Å²) in [5, 5.41) is 2.15. The molecule has 0 atom stereocenters. The number of amides is 1. The van der Waals surface area contributed by atoms with Crippen molar-refractivity contribution >= 4 is 40.2 Å². The van der Waals surface area contributed by atoms with Crippen molar-refractivity contribution in [2.24, 2.45) is 0 Å². The number of likely N-dealkylation sites (tertiary alicyclic amines) is 1. The summed E-state index contributed by atoms with van der Waals surface area (Å²) in [7, 11) is 0. The lowest BCUT2D eigenvalue weighted by atomic mass is 10.1. The van der Waals surface area contributed by atoms with Crippen molar-refractivity contribution in [2.45, 2.75) is 45.3 Å². The second kappa shape index (κ2) is 8.12. The zero-order valence-electron chi connectivity index (χ0n) is 17.4. The second-order valence-electron chi connectivity index (χ2n) is 8.67. The predicted octanol–water partition coefficient (Wildman–Crippen LogP) is 6.58. The molecule has 0 bridgehead atoms. The third-order valence-electron chi connectivity index (χ3n) is 5.37. The number of nitrogens with zero attached hydrogens (tertiary/aromatic N) is 3. The minimum Gasteiger partial charge on any atom is -0.444 e. The molecule has 30 heavy (non-hydrogen) atoms. The van der Waals surface area contributed by atoms with Gasteiger partial charge in [-0.05, 0) is 57.4 Å². The van der Waals surface area contributed by atoms with Crippen LogP contribution in [-0.2, 0) is 4.74 Å². The Labute approximate surface area is 186 Å². The van der Waals surface area contributed by atoms with Gasteiger partial charge in [-0.25, -0.2) is 4.79 Å². The van der Waals surface area contributed by atoms with Gasteiger partial charge in [0.05, 0.1) is 15.6 Å². The molecule has 0 saturated carbocycles. The van der Waals surface area contributed by atoms with E-state index in [0.717, 1.165) is 34.9 Å². The van der Waals surface area contributed by atoms with Crippen LogP contribution in [0.15, 0.2) is 42.9 Å². The molecule has 1 saturated heterocycles. The standard InChI is InChI=1S/C23H25Cl2N3O2/c1-23(2,3)30-22(29)27-10-7-16(8-11-27)28-14-18(17-13-26-9-6-21(17)28)15-4-5-19(24)20(25)12-15/h4-6,9,12-14,16H,7-8,10-11H2,1-3H3. The van der Waals surface area contributed by atoms with Crippen LogP contribution in [0, 0.1) is 0 Å². The quantitative estimate of drug-likeness (QED) is 0.447. The van der Waals surface area contributed by atoms with Gasteiger partial charge in [0.25, 0.3) is 0 Å². The minimum absolute atomic E-state index is 0.237. The van der Waals surface area contributed by atoms with E-state index in [4.69, 9.17) is 27.9 Å². The number of benzene rings is 1. The van der Waals surface area contributed by atoms with E-state index in [2.05, 4.69) is 15.7 Å². The highest BCUT2D eigenvalue weighted by Gasteiger charge is 2.28. The highest BCUT2D eigenvalue weighted by molar-refractivity contribution is 6.42. The van der Waals surface area contributed by atoms with Crippen molar-refractivity contribution in [1.29, 1.82) is 0 Å². The maximum atomic E-state index is 12.4. The molecular formula is C23H25Cl2N3O2. The van der Waals surface area contributed by atoms with Crippen molar-refractivity contribution in [2.75, 3.05) is 13.1 Å². The Kier molecular flexibility index (Phi) is 5.69. The Morgan fingerprint density at radius 2 is 1.87 bits per heavy atom. The van der Waals surface area contributed by atoms with Crippen LogP contribution in [0.5, 0.6) is 0 Å². The average molecular weight is 446 g/mol. The van der Waals surface area contributed by atoms with Gasteiger partial charge in [0.15, 0.2) is 0 Å². The summed E-state index contributed by atoms with van der Waals surface area (Å²) in [6.45, 7) is 7.02. The van der Waals surface area contributed by atoms with Gasteiger partial charge >= 0.3 is 6.09 Å². The maximum Gasteiger partial charge on any atom is 0.410 e. The summed E-state index contributed by atoms with van der Waals surface area (Å²) >= 11 is 12.4. The molecule has 1 aliphatic rings. The van der Waals surface area contributed by atoms with Crippen LogP contribution in [0.1, 0.15) is 39.7 Å². The van der Waals surface area contributed by atoms with E-state index in [-0.39, 0.29) is 6.09 Å². The van der Waals surface area contributed by atoms with Gasteiger partial charge in [-0.3, -0.25) is 4.98 Å². The average Bonchev–Trinajstić information content (AvgIpc) is 3.09. The molecule has 0 unspecified atom stereocenters. The molecule has 1 aromatic carbocycles. The molecule has 5 nitrogen and oxygen atoms in total. The number of hydrogen-bond donors (Lipinski definition) is 0. The lowest BCUT2D eigenvalue weighted by Crippen LogP contribution is -2.42. The molecule has 0 spiro atoms. The van der Waals surface area contributed by atoms with Gasteiger partial charge in [0, 0.05) is 48.7 Å². The summed E-state index contributed by atoms with van der Waals surface area (Å²) in [6.07, 6.45) is 7.36. The van der Waals surface area contributed by atoms with Gasteiger partial charge in [0.1, 0.15) is 5.60 Å². The molecular weight excluding hydrogens is 421 g/mol. The Hall–Kier alpha value is -2.24. The molecule has 158 valence electrons. The lowest BCUT2D eigenvalue weighted by molar-refractivity contribution is 0.0190. The van der Waals surface area contributed by atoms with Gasteiger partial charge < -0.3 is 14.2 Å². The second-order valence-corrected chi connectivity index (χ2v) is 9.48. The molecule has 3 aromatic rings. The van der Waals surface area contributed by atoms with Crippen molar-refractivity contribution in [3.8, 4) is 11.1 Å². The first kappa shape index (κ1) is 21.0. The summed E-state index contributed by atoms with van der Waals surface area (Å²) in [4.78, 5) is 18.5. The molecule has 7 heteroatoms. The fourth-order valence-corrected chi connectivity index (χ4v) is 4.24. The molecule has 0 radical (unpaired) electrons. The van der Waals surface area contributed by atoms with Gasteiger partial charge in [-0.2, -0.15) is 0 Å². The van der Waals surface area contributed by atoms with E-state index in [1.165, 1.54) is 0 Å². The number of halogens is 2. The lowest BCUT2D eigenvalue weighted by Gasteiger charge is -2.34. The van der Waals surface area contributed by atoms with Crippen LogP contribution in [-0.4, -0.2) is 39.2 Å². The van der Waals surface area contributed by atoms with Crippen molar-refractivity contribution in [3.05, 3.63) is 52.9 Å². The van der Waals surface area contributed by atoms with Crippen LogP contribution < -0.4 is 0 Å². The molecule has 0 aliphatic carbocycles. The number of ether oxygens (including phenoxy) is 1. The summed E-state index contributed by atoms with van der Waals surface area (Å²) in [5.74, 6) is 0. The van der Waals surface area contributed by atoms with E-state index in [0.29, 0.717) is 29.2 Å². The van der Waals surface area contributed by atoms with Gasteiger partial charge in [-0.1, -0.05) is 29.3 Å². The van der Waals surface area contributed by atoms with Crippen molar-refractivity contribution < 1.29 is 9.53 Å². The van der Waals surface area contributed by atoms with Crippen LogP contribution in [0.4, 0.5) is 4.79 Å². The van der Waals surface area contributed by atoms with E-state index in [9.17, 15) is 4.79 Å². The van der Waals surface area contributed by atoms with Crippen LogP contribution in [0.25, 0.3) is 22.0 Å². The fraction of sp³-hybridized carbons (Fsp3) is 0.391. The van der Waals surface area contributed by atoms with E-state index < -0.39 is 5.60 Å². The number of pyridine rings is 1. The summed E-state index contributed by atoms with van der Waals surface area (Å²) in [5.41, 5.74) is 2.73. The number of fused-ring (bicyclic) bond motifs is 1. The van der Waals surface area contributed by atoms with E-state index >= 15 is 0 Å². The number of carbonyl (C=O) groups is 1. The fourth-order valence-electron chi connectivity index (χ4n) is 3.95. The molecule has 0 N–H and O–H groups in total. The monoisotopic (exact) mass is 445 g/mol. The highest BCUT2D eigenvalue weighted by atomic mass is 35.5. The van der Waals surface area contributed by atoms with Crippen LogP contribution >= 0.6 is 23.2 Å². The van der Waals surface area contributed by atoms with E-state index in [1.807, 2.05) is 57.4 Å². The first-order chi connectivity index (χ1) is 14.2. The molecule has 4 rings (SSSR count).